The molecule has 0 radical (unpaired) electrons. The van der Waals surface area contributed by atoms with Crippen LogP contribution >= 0.6 is 0 Å². The summed E-state index contributed by atoms with van der Waals surface area (Å²) in [6.07, 6.45) is 1.78. The monoisotopic (exact) mass is 311 g/mol. The van der Waals surface area contributed by atoms with Crippen LogP contribution in [-0.2, 0) is 6.54 Å². The second-order valence-electron chi connectivity index (χ2n) is 6.34. The van der Waals surface area contributed by atoms with Crippen molar-refractivity contribution in [3.05, 3.63) is 65.7 Å². The second-order valence-corrected chi connectivity index (χ2v) is 6.34. The molecule has 1 aliphatic rings. The molecule has 122 valence electrons. The first kappa shape index (κ1) is 16.0. The Balaban J connectivity index is 1.65. The fourth-order valence-corrected chi connectivity index (χ4v) is 3.43. The predicted molar refractivity (Wildman–Crippen MR) is 92.4 cm³/mol. The number of likely N-dealkylation sites (tertiary alicyclic amines) is 1. The van der Waals surface area contributed by atoms with E-state index in [1.54, 1.807) is 7.11 Å². The maximum atomic E-state index is 10.8. The summed E-state index contributed by atoms with van der Waals surface area (Å²) in [5.74, 6) is 1.08. The van der Waals surface area contributed by atoms with Crippen LogP contribution in [0.25, 0.3) is 0 Å². The van der Waals surface area contributed by atoms with E-state index >= 15 is 0 Å². The van der Waals surface area contributed by atoms with Crippen LogP contribution in [0.5, 0.6) is 5.75 Å². The molecule has 2 aromatic carbocycles. The molecule has 3 heteroatoms. The van der Waals surface area contributed by atoms with E-state index in [0.717, 1.165) is 43.8 Å². The van der Waals surface area contributed by atoms with E-state index in [1.807, 2.05) is 24.3 Å². The van der Waals surface area contributed by atoms with Crippen molar-refractivity contribution in [2.24, 2.45) is 5.92 Å². The molecule has 0 saturated carbocycles. The largest absolute Gasteiger partial charge is 0.497 e. The molecular formula is C20H25NO2. The Morgan fingerprint density at radius 3 is 2.78 bits per heavy atom. The first-order chi connectivity index (χ1) is 11.3. The van der Waals surface area contributed by atoms with Crippen molar-refractivity contribution in [2.75, 3.05) is 20.2 Å². The molecule has 1 fully saturated rings. The zero-order valence-corrected chi connectivity index (χ0v) is 13.7. The summed E-state index contributed by atoms with van der Waals surface area (Å²) in [6, 6.07) is 18.4. The van der Waals surface area contributed by atoms with Crippen molar-refractivity contribution in [1.29, 1.82) is 0 Å². The lowest BCUT2D eigenvalue weighted by atomic mass is 9.88. The molecule has 1 unspecified atom stereocenters. The van der Waals surface area contributed by atoms with Gasteiger partial charge in [-0.3, -0.25) is 4.90 Å². The number of methoxy groups -OCH3 is 1. The van der Waals surface area contributed by atoms with E-state index in [1.165, 1.54) is 5.56 Å². The minimum absolute atomic E-state index is 0.277. The Labute approximate surface area is 138 Å². The molecule has 2 atom stereocenters. The van der Waals surface area contributed by atoms with Gasteiger partial charge < -0.3 is 9.84 Å². The SMILES string of the molecule is COc1cccc([C@H](O)C2CCCN(Cc3ccccc3)C2)c1. The molecule has 1 aliphatic heterocycles. The highest BCUT2D eigenvalue weighted by Crippen LogP contribution is 2.31. The number of hydrogen-bond acceptors (Lipinski definition) is 3. The molecular weight excluding hydrogens is 286 g/mol. The fourth-order valence-electron chi connectivity index (χ4n) is 3.43. The number of aliphatic hydroxyl groups excluding tert-OH is 1. The van der Waals surface area contributed by atoms with Crippen molar-refractivity contribution >= 4 is 0 Å². The van der Waals surface area contributed by atoms with Gasteiger partial charge in [-0.15, -0.1) is 0 Å². The number of benzene rings is 2. The van der Waals surface area contributed by atoms with Gasteiger partial charge in [0.05, 0.1) is 13.2 Å². The maximum absolute atomic E-state index is 10.8. The summed E-state index contributed by atoms with van der Waals surface area (Å²) in [4.78, 5) is 2.45. The highest BCUT2D eigenvalue weighted by Gasteiger charge is 2.27. The minimum Gasteiger partial charge on any atom is -0.497 e. The number of rotatable bonds is 5. The zero-order chi connectivity index (χ0) is 16.1. The molecule has 1 heterocycles. The third-order valence-electron chi connectivity index (χ3n) is 4.67. The van der Waals surface area contributed by atoms with Gasteiger partial charge in [-0.2, -0.15) is 0 Å². The van der Waals surface area contributed by atoms with Crippen molar-refractivity contribution < 1.29 is 9.84 Å². The Morgan fingerprint density at radius 1 is 1.17 bits per heavy atom. The van der Waals surface area contributed by atoms with Crippen molar-refractivity contribution in [3.8, 4) is 5.75 Å². The quantitative estimate of drug-likeness (QED) is 0.915. The molecule has 1 saturated heterocycles. The molecule has 0 amide bonds. The van der Waals surface area contributed by atoms with Gasteiger partial charge >= 0.3 is 0 Å². The van der Waals surface area contributed by atoms with Gasteiger partial charge in [0.15, 0.2) is 0 Å². The van der Waals surface area contributed by atoms with Crippen LogP contribution in [0.2, 0.25) is 0 Å². The molecule has 2 aromatic rings. The third kappa shape index (κ3) is 4.12. The lowest BCUT2D eigenvalue weighted by molar-refractivity contribution is 0.0475. The Bertz CT molecular complexity index is 614. The Kier molecular flexibility index (Phi) is 5.31. The number of piperidine rings is 1. The van der Waals surface area contributed by atoms with Crippen LogP contribution in [0.1, 0.15) is 30.1 Å². The highest BCUT2D eigenvalue weighted by atomic mass is 16.5. The van der Waals surface area contributed by atoms with Crippen LogP contribution in [0.3, 0.4) is 0 Å². The minimum atomic E-state index is -0.427. The Morgan fingerprint density at radius 2 is 2.00 bits per heavy atom. The standard InChI is InChI=1S/C20H25NO2/c1-23-19-11-5-9-17(13-19)20(22)18-10-6-12-21(15-18)14-16-7-3-2-4-8-16/h2-5,7-9,11,13,18,20,22H,6,10,12,14-15H2,1H3/t18?,20-/m0/s1. The number of ether oxygens (including phenoxy) is 1. The topological polar surface area (TPSA) is 32.7 Å². The predicted octanol–water partition coefficient (Wildman–Crippen LogP) is 3.64. The van der Waals surface area contributed by atoms with E-state index in [4.69, 9.17) is 4.74 Å². The molecule has 0 aromatic heterocycles. The average Bonchev–Trinajstić information content (AvgIpc) is 2.62. The van der Waals surface area contributed by atoms with Gasteiger partial charge in [-0.25, -0.2) is 0 Å². The number of nitrogens with zero attached hydrogens (tertiary/aromatic N) is 1. The summed E-state index contributed by atoms with van der Waals surface area (Å²) in [6.45, 7) is 3.01. The van der Waals surface area contributed by atoms with Gasteiger partial charge in [0, 0.05) is 19.0 Å². The summed E-state index contributed by atoms with van der Waals surface area (Å²) in [5, 5.41) is 10.8. The molecule has 3 rings (SSSR count). The van der Waals surface area contributed by atoms with Crippen LogP contribution in [-0.4, -0.2) is 30.2 Å². The number of aliphatic hydroxyl groups is 1. The second kappa shape index (κ2) is 7.62. The number of hydrogen-bond donors (Lipinski definition) is 1. The first-order valence-corrected chi connectivity index (χ1v) is 8.34. The maximum Gasteiger partial charge on any atom is 0.119 e. The van der Waals surface area contributed by atoms with Gasteiger partial charge in [0.1, 0.15) is 5.75 Å². The molecule has 0 aliphatic carbocycles. The Hall–Kier alpha value is -1.84. The van der Waals surface area contributed by atoms with Crippen LogP contribution in [0.15, 0.2) is 54.6 Å². The molecule has 1 N–H and O–H groups in total. The average molecular weight is 311 g/mol. The van der Waals surface area contributed by atoms with Gasteiger partial charge in [-0.05, 0) is 42.6 Å². The highest BCUT2D eigenvalue weighted by molar-refractivity contribution is 5.30. The lowest BCUT2D eigenvalue weighted by Crippen LogP contribution is -2.37. The van der Waals surface area contributed by atoms with E-state index in [2.05, 4.69) is 35.2 Å². The molecule has 0 spiro atoms. The van der Waals surface area contributed by atoms with Crippen LogP contribution in [0, 0.1) is 5.92 Å². The van der Waals surface area contributed by atoms with Crippen molar-refractivity contribution in [2.45, 2.75) is 25.5 Å². The normalized spacial score (nSPS) is 20.2. The van der Waals surface area contributed by atoms with Gasteiger partial charge in [0.2, 0.25) is 0 Å². The molecule has 23 heavy (non-hydrogen) atoms. The van der Waals surface area contributed by atoms with E-state index in [9.17, 15) is 5.11 Å². The fraction of sp³-hybridized carbons (Fsp3) is 0.400. The van der Waals surface area contributed by atoms with Gasteiger partial charge in [-0.1, -0.05) is 42.5 Å². The van der Waals surface area contributed by atoms with E-state index < -0.39 is 6.10 Å². The molecule has 0 bridgehead atoms. The zero-order valence-electron chi connectivity index (χ0n) is 13.7. The van der Waals surface area contributed by atoms with Crippen LogP contribution in [0.4, 0.5) is 0 Å². The summed E-state index contributed by atoms with van der Waals surface area (Å²) in [5.41, 5.74) is 2.29. The summed E-state index contributed by atoms with van der Waals surface area (Å²) < 4.78 is 5.27. The first-order valence-electron chi connectivity index (χ1n) is 8.34. The molecule has 3 nitrogen and oxygen atoms in total. The van der Waals surface area contributed by atoms with E-state index in [0.29, 0.717) is 0 Å². The lowest BCUT2D eigenvalue weighted by Gasteiger charge is -2.35. The van der Waals surface area contributed by atoms with E-state index in [-0.39, 0.29) is 5.92 Å². The van der Waals surface area contributed by atoms with Crippen molar-refractivity contribution in [1.82, 2.24) is 4.90 Å². The van der Waals surface area contributed by atoms with Crippen molar-refractivity contribution in [3.63, 3.8) is 0 Å². The summed E-state index contributed by atoms with van der Waals surface area (Å²) >= 11 is 0. The summed E-state index contributed by atoms with van der Waals surface area (Å²) in [7, 11) is 1.66. The smallest absolute Gasteiger partial charge is 0.119 e. The van der Waals surface area contributed by atoms with Crippen LogP contribution < -0.4 is 4.74 Å². The third-order valence-corrected chi connectivity index (χ3v) is 4.67. The van der Waals surface area contributed by atoms with Gasteiger partial charge in [0.25, 0.3) is 0 Å².